The van der Waals surface area contributed by atoms with Crippen molar-refractivity contribution < 1.29 is 4.79 Å². The van der Waals surface area contributed by atoms with Crippen LogP contribution in [0.2, 0.25) is 0 Å². The zero-order valence-corrected chi connectivity index (χ0v) is 13.2. The van der Waals surface area contributed by atoms with E-state index in [2.05, 4.69) is 18.7 Å². The highest BCUT2D eigenvalue weighted by Crippen LogP contribution is 2.69. The molecule has 1 heterocycles. The minimum atomic E-state index is 0.0280. The van der Waals surface area contributed by atoms with Gasteiger partial charge in [-0.25, -0.2) is 0 Å². The van der Waals surface area contributed by atoms with Crippen molar-refractivity contribution in [3.05, 3.63) is 0 Å². The van der Waals surface area contributed by atoms with Crippen molar-refractivity contribution in [2.24, 2.45) is 22.2 Å². The number of rotatable bonds is 1. The van der Waals surface area contributed by atoms with E-state index in [1.807, 2.05) is 0 Å². The van der Waals surface area contributed by atoms with Crippen LogP contribution in [0.3, 0.4) is 0 Å². The fourth-order valence-electron chi connectivity index (χ4n) is 7.12. The van der Waals surface area contributed by atoms with Gasteiger partial charge >= 0.3 is 0 Å². The summed E-state index contributed by atoms with van der Waals surface area (Å²) in [5, 5.41) is 0. The van der Waals surface area contributed by atoms with Crippen LogP contribution in [0.4, 0.5) is 0 Å². The third-order valence-corrected chi connectivity index (χ3v) is 6.72. The van der Waals surface area contributed by atoms with Gasteiger partial charge in [-0.3, -0.25) is 4.79 Å². The van der Waals surface area contributed by atoms with Crippen LogP contribution >= 0.6 is 0 Å². The SMILES string of the molecule is C[C@]12CC3CC(C(=O)N4CCCCC4)(C1)C[C@@](C)(C3)C2. The van der Waals surface area contributed by atoms with Gasteiger partial charge in [0.05, 0.1) is 5.41 Å². The molecule has 5 fully saturated rings. The number of carbonyl (C=O) groups is 1. The van der Waals surface area contributed by atoms with Gasteiger partial charge in [0, 0.05) is 13.1 Å². The zero-order valence-electron chi connectivity index (χ0n) is 13.2. The second-order valence-electron chi connectivity index (χ2n) is 9.26. The maximum absolute atomic E-state index is 13.3. The quantitative estimate of drug-likeness (QED) is 0.708. The van der Waals surface area contributed by atoms with Gasteiger partial charge in [-0.2, -0.15) is 0 Å². The molecular weight excluding hydrogens is 246 g/mol. The Kier molecular flexibility index (Phi) is 2.64. The van der Waals surface area contributed by atoms with E-state index < -0.39 is 0 Å². The van der Waals surface area contributed by atoms with Gasteiger partial charge in [0.15, 0.2) is 0 Å². The molecule has 0 spiro atoms. The predicted molar refractivity (Wildman–Crippen MR) is 80.3 cm³/mol. The summed E-state index contributed by atoms with van der Waals surface area (Å²) >= 11 is 0. The average Bonchev–Trinajstić information content (AvgIpc) is 2.34. The number of likely N-dealkylation sites (tertiary alicyclic amines) is 1. The van der Waals surface area contributed by atoms with Crippen LogP contribution < -0.4 is 0 Å². The van der Waals surface area contributed by atoms with E-state index in [-0.39, 0.29) is 5.41 Å². The van der Waals surface area contributed by atoms with Crippen LogP contribution in [-0.2, 0) is 4.79 Å². The lowest BCUT2D eigenvalue weighted by atomic mass is 9.40. The van der Waals surface area contributed by atoms with Crippen LogP contribution in [0.15, 0.2) is 0 Å². The molecule has 4 aliphatic carbocycles. The molecule has 2 heteroatoms. The van der Waals surface area contributed by atoms with Gasteiger partial charge in [-0.15, -0.1) is 0 Å². The second kappa shape index (κ2) is 4.01. The Bertz CT molecular complexity index is 419. The molecule has 0 radical (unpaired) electrons. The first-order valence-electron chi connectivity index (χ1n) is 8.72. The van der Waals surface area contributed by atoms with Crippen molar-refractivity contribution in [1.29, 1.82) is 0 Å². The predicted octanol–water partition coefficient (Wildman–Crippen LogP) is 4.00. The lowest BCUT2D eigenvalue weighted by Gasteiger charge is -2.65. The van der Waals surface area contributed by atoms with Gasteiger partial charge in [0.1, 0.15) is 0 Å². The molecule has 0 aromatic heterocycles. The number of piperidine rings is 1. The number of carbonyl (C=O) groups excluding carboxylic acids is 1. The normalized spacial score (nSPS) is 50.5. The standard InChI is InChI=1S/C18H29NO/c1-16-8-14-9-17(2,11-16)13-18(10-14,12-16)15(20)19-6-4-3-5-7-19/h14H,3-13H2,1-2H3/t14?,16-,17+,18?. The molecule has 4 saturated carbocycles. The molecule has 0 aromatic rings. The summed E-state index contributed by atoms with van der Waals surface area (Å²) in [6.07, 6.45) is 11.5. The first-order chi connectivity index (χ1) is 9.42. The average molecular weight is 275 g/mol. The van der Waals surface area contributed by atoms with Crippen molar-refractivity contribution in [2.45, 2.75) is 71.6 Å². The molecular formula is C18H29NO. The van der Waals surface area contributed by atoms with Crippen molar-refractivity contribution in [3.8, 4) is 0 Å². The van der Waals surface area contributed by atoms with Crippen LogP contribution in [0.1, 0.15) is 71.6 Å². The summed E-state index contributed by atoms with van der Waals surface area (Å²) in [5.41, 5.74) is 0.944. The molecule has 4 bridgehead atoms. The molecule has 5 rings (SSSR count). The summed E-state index contributed by atoms with van der Waals surface area (Å²) in [6, 6.07) is 0. The monoisotopic (exact) mass is 275 g/mol. The lowest BCUT2D eigenvalue weighted by molar-refractivity contribution is -0.180. The zero-order chi connectivity index (χ0) is 14.0. The Hall–Kier alpha value is -0.530. The molecule has 1 aliphatic heterocycles. The third kappa shape index (κ3) is 1.86. The highest BCUT2D eigenvalue weighted by atomic mass is 16.2. The Morgan fingerprint density at radius 3 is 2.05 bits per heavy atom. The second-order valence-corrected chi connectivity index (χ2v) is 9.26. The summed E-state index contributed by atoms with van der Waals surface area (Å²) in [5.74, 6) is 1.37. The minimum Gasteiger partial charge on any atom is -0.342 e. The van der Waals surface area contributed by atoms with Crippen molar-refractivity contribution in [1.82, 2.24) is 4.90 Å². The molecule has 1 saturated heterocycles. The first kappa shape index (κ1) is 13.2. The Balaban J connectivity index is 1.64. The summed E-state index contributed by atoms with van der Waals surface area (Å²) < 4.78 is 0. The van der Waals surface area contributed by atoms with E-state index in [4.69, 9.17) is 0 Å². The number of nitrogens with zero attached hydrogens (tertiary/aromatic N) is 1. The highest BCUT2D eigenvalue weighted by Gasteiger charge is 2.63. The minimum absolute atomic E-state index is 0.0280. The smallest absolute Gasteiger partial charge is 0.228 e. The van der Waals surface area contributed by atoms with E-state index in [1.165, 1.54) is 57.8 Å². The van der Waals surface area contributed by atoms with Crippen molar-refractivity contribution in [2.75, 3.05) is 13.1 Å². The summed E-state index contributed by atoms with van der Waals surface area (Å²) in [4.78, 5) is 15.5. The summed E-state index contributed by atoms with van der Waals surface area (Å²) in [6.45, 7) is 6.99. The van der Waals surface area contributed by atoms with Gasteiger partial charge < -0.3 is 4.90 Å². The lowest BCUT2D eigenvalue weighted by Crippen LogP contribution is -2.60. The molecule has 4 atom stereocenters. The Morgan fingerprint density at radius 1 is 0.900 bits per heavy atom. The number of hydrogen-bond donors (Lipinski definition) is 0. The van der Waals surface area contributed by atoms with Crippen LogP contribution in [0, 0.1) is 22.2 Å². The van der Waals surface area contributed by atoms with Gasteiger partial charge in [-0.05, 0) is 74.5 Å². The number of hydrogen-bond acceptors (Lipinski definition) is 1. The Morgan fingerprint density at radius 2 is 1.50 bits per heavy atom. The largest absolute Gasteiger partial charge is 0.342 e. The van der Waals surface area contributed by atoms with Gasteiger partial charge in [-0.1, -0.05) is 13.8 Å². The molecule has 2 unspecified atom stereocenters. The van der Waals surface area contributed by atoms with Crippen LogP contribution in [0.25, 0.3) is 0 Å². The maximum Gasteiger partial charge on any atom is 0.228 e. The van der Waals surface area contributed by atoms with Gasteiger partial charge in [0.2, 0.25) is 5.91 Å². The molecule has 2 nitrogen and oxygen atoms in total. The fraction of sp³-hybridized carbons (Fsp3) is 0.944. The molecule has 112 valence electrons. The topological polar surface area (TPSA) is 20.3 Å². The van der Waals surface area contributed by atoms with Crippen molar-refractivity contribution >= 4 is 5.91 Å². The van der Waals surface area contributed by atoms with Crippen LogP contribution in [0.5, 0.6) is 0 Å². The molecule has 0 N–H and O–H groups in total. The summed E-state index contributed by atoms with van der Waals surface area (Å²) in [7, 11) is 0. The third-order valence-electron chi connectivity index (χ3n) is 6.72. The van der Waals surface area contributed by atoms with E-state index >= 15 is 0 Å². The maximum atomic E-state index is 13.3. The molecule has 20 heavy (non-hydrogen) atoms. The first-order valence-corrected chi connectivity index (χ1v) is 8.72. The van der Waals surface area contributed by atoms with Crippen molar-refractivity contribution in [3.63, 3.8) is 0 Å². The molecule has 0 aromatic carbocycles. The number of amides is 1. The fourth-order valence-corrected chi connectivity index (χ4v) is 7.12. The van der Waals surface area contributed by atoms with Gasteiger partial charge in [0.25, 0.3) is 0 Å². The van der Waals surface area contributed by atoms with E-state index in [9.17, 15) is 4.79 Å². The van der Waals surface area contributed by atoms with E-state index in [1.54, 1.807) is 0 Å². The van der Waals surface area contributed by atoms with Crippen LogP contribution in [-0.4, -0.2) is 23.9 Å². The van der Waals surface area contributed by atoms with E-state index in [0.717, 1.165) is 19.0 Å². The molecule has 5 aliphatic rings. The Labute approximate surface area is 123 Å². The van der Waals surface area contributed by atoms with E-state index in [0.29, 0.717) is 16.7 Å². The molecule has 1 amide bonds. The highest BCUT2D eigenvalue weighted by molar-refractivity contribution is 5.83.